The van der Waals surface area contributed by atoms with Crippen molar-refractivity contribution in [2.24, 2.45) is 11.3 Å². The smallest absolute Gasteiger partial charge is 0.282 e. The molecule has 0 spiro atoms. The highest BCUT2D eigenvalue weighted by molar-refractivity contribution is 6.37. The Morgan fingerprint density at radius 1 is 1.33 bits per heavy atom. The van der Waals surface area contributed by atoms with E-state index in [4.69, 9.17) is 4.74 Å². The molecule has 2 atom stereocenters. The Hall–Kier alpha value is 0.492. The molecule has 2 heteroatoms. The van der Waals surface area contributed by atoms with E-state index in [0.29, 0.717) is 10.4 Å². The van der Waals surface area contributed by atoms with Crippen LogP contribution >= 0.6 is 0 Å². The van der Waals surface area contributed by atoms with Crippen LogP contribution in [0.5, 0.6) is 0 Å². The predicted molar refractivity (Wildman–Crippen MR) is 68.8 cm³/mol. The van der Waals surface area contributed by atoms with E-state index in [1.54, 1.807) is 0 Å². The summed E-state index contributed by atoms with van der Waals surface area (Å²) < 4.78 is 5.82. The van der Waals surface area contributed by atoms with Crippen LogP contribution in [0, 0.1) is 11.3 Å². The lowest BCUT2D eigenvalue weighted by Crippen LogP contribution is -2.27. The van der Waals surface area contributed by atoms with Gasteiger partial charge in [-0.15, -0.1) is 0 Å². The Morgan fingerprint density at radius 2 is 2.07 bits per heavy atom. The molecule has 1 nitrogen and oxygen atoms in total. The predicted octanol–water partition coefficient (Wildman–Crippen LogP) is 3.44. The van der Waals surface area contributed by atoms with Crippen molar-refractivity contribution in [2.75, 3.05) is 6.61 Å². The first-order valence-electron chi connectivity index (χ1n) is 6.59. The number of rotatable bonds is 4. The summed E-state index contributed by atoms with van der Waals surface area (Å²) in [6.07, 6.45) is 5.43. The topological polar surface area (TPSA) is 9.23 Å². The summed E-state index contributed by atoms with van der Waals surface area (Å²) in [6.45, 7) is 10.5. The first kappa shape index (κ1) is 13.6. The minimum absolute atomic E-state index is 0.0269. The normalized spacial score (nSPS) is 24.9. The van der Waals surface area contributed by atoms with Gasteiger partial charge in [0.15, 0.2) is 0 Å². The lowest BCUT2D eigenvalue weighted by molar-refractivity contribution is 0.0646. The molecule has 1 aliphatic heterocycles. The summed E-state index contributed by atoms with van der Waals surface area (Å²) in [5.74, 6) is 0.905. The first-order chi connectivity index (χ1) is 6.97. The van der Waals surface area contributed by atoms with Gasteiger partial charge in [-0.05, 0) is 31.1 Å². The molecule has 0 aliphatic carbocycles. The molecule has 1 rings (SSSR count). The second kappa shape index (κ2) is 6.28. The molecule has 0 amide bonds. The highest BCUT2D eigenvalue weighted by Gasteiger charge is 2.20. The van der Waals surface area contributed by atoms with E-state index in [2.05, 4.69) is 27.7 Å². The fourth-order valence-electron chi connectivity index (χ4n) is 2.65. The van der Waals surface area contributed by atoms with Crippen molar-refractivity contribution < 1.29 is 4.74 Å². The van der Waals surface area contributed by atoms with E-state index in [1.807, 2.05) is 0 Å². The fourth-order valence-corrected chi connectivity index (χ4v) is 4.71. The fraction of sp³-hybridized carbons (Fsp3) is 1.00. The SMILES string of the molecule is CC([CH2][AlH][CH]1CCCCO1)CC(C)(C)C. The number of ether oxygens (including phenoxy) is 1. The zero-order valence-electron chi connectivity index (χ0n) is 11.0. The van der Waals surface area contributed by atoms with Crippen LogP contribution in [0.25, 0.3) is 0 Å². The van der Waals surface area contributed by atoms with Gasteiger partial charge in [0.2, 0.25) is 0 Å². The van der Waals surface area contributed by atoms with Gasteiger partial charge in [0.05, 0.1) is 0 Å². The maximum atomic E-state index is 5.82. The minimum Gasteiger partial charge on any atom is -0.394 e. The molecular weight excluding hydrogens is 199 g/mol. The Morgan fingerprint density at radius 3 is 2.60 bits per heavy atom. The standard InChI is InChI=1S/C8H17.C5H9O.Al.H/c1-7(2)6-8(3,4)5;1-2-4-6-5-3-1;;/h7H,1,6H2,2-5H3;4H,1-3,5H2;;. The van der Waals surface area contributed by atoms with Gasteiger partial charge in [0, 0.05) is 11.6 Å². The van der Waals surface area contributed by atoms with E-state index in [1.165, 1.54) is 31.0 Å². The van der Waals surface area contributed by atoms with Gasteiger partial charge in [-0.1, -0.05) is 38.9 Å². The molecule has 1 saturated heterocycles. The van der Waals surface area contributed by atoms with Gasteiger partial charge < -0.3 is 4.74 Å². The number of hydrogen-bond acceptors (Lipinski definition) is 1. The van der Waals surface area contributed by atoms with Crippen molar-refractivity contribution in [1.29, 1.82) is 0 Å². The Bertz CT molecular complexity index is 168. The highest BCUT2D eigenvalue weighted by atomic mass is 27.1. The molecule has 0 aromatic rings. The molecule has 0 aromatic carbocycles. The Kier molecular flexibility index (Phi) is 5.68. The van der Waals surface area contributed by atoms with Crippen LogP contribution < -0.4 is 0 Å². The van der Waals surface area contributed by atoms with E-state index < -0.39 is 0 Å². The van der Waals surface area contributed by atoms with Gasteiger partial charge >= 0.3 is 0 Å². The third-order valence-corrected chi connectivity index (χ3v) is 5.82. The maximum absolute atomic E-state index is 5.82. The summed E-state index contributed by atoms with van der Waals surface area (Å²) >= 11 is 0.0269. The largest absolute Gasteiger partial charge is 0.394 e. The third-order valence-electron chi connectivity index (χ3n) is 3.22. The van der Waals surface area contributed by atoms with E-state index in [0.717, 1.165) is 12.5 Å². The molecule has 0 saturated carbocycles. The zero-order chi connectivity index (χ0) is 11.3. The second-order valence-corrected chi connectivity index (χ2v) is 8.50. The first-order valence-corrected chi connectivity index (χ1v) is 8.40. The third kappa shape index (κ3) is 6.61. The molecule has 1 fully saturated rings. The summed E-state index contributed by atoms with van der Waals surface area (Å²) in [5.41, 5.74) is 0.501. The summed E-state index contributed by atoms with van der Waals surface area (Å²) in [7, 11) is 0. The van der Waals surface area contributed by atoms with Gasteiger partial charge in [-0.2, -0.15) is 0 Å². The molecule has 15 heavy (non-hydrogen) atoms. The minimum atomic E-state index is 0.0269. The molecule has 1 heterocycles. The molecule has 0 bridgehead atoms. The average Bonchev–Trinajstić information content (AvgIpc) is 2.14. The monoisotopic (exact) mass is 226 g/mol. The van der Waals surface area contributed by atoms with Crippen LogP contribution in [-0.2, 0) is 4.74 Å². The zero-order valence-corrected chi connectivity index (χ0v) is 12.4. The lowest BCUT2D eigenvalue weighted by Gasteiger charge is -2.26. The Balaban J connectivity index is 2.12. The van der Waals surface area contributed by atoms with Crippen molar-refractivity contribution in [3.63, 3.8) is 0 Å². The van der Waals surface area contributed by atoms with Crippen LogP contribution in [0.4, 0.5) is 0 Å². The number of hydrogen-bond donors (Lipinski definition) is 0. The van der Waals surface area contributed by atoms with Crippen molar-refractivity contribution in [2.45, 2.75) is 63.6 Å². The van der Waals surface area contributed by atoms with Crippen LogP contribution in [-0.4, -0.2) is 26.8 Å². The van der Waals surface area contributed by atoms with E-state index in [9.17, 15) is 0 Å². The van der Waals surface area contributed by atoms with Crippen LogP contribution in [0.1, 0.15) is 53.4 Å². The highest BCUT2D eigenvalue weighted by Crippen LogP contribution is 2.26. The van der Waals surface area contributed by atoms with Gasteiger partial charge in [0.1, 0.15) is 0 Å². The molecule has 88 valence electrons. The molecule has 0 radical (unpaired) electrons. The maximum Gasteiger partial charge on any atom is 0.282 e. The molecule has 0 N–H and O–H groups in total. The summed E-state index contributed by atoms with van der Waals surface area (Å²) in [6, 6.07) is 0. The van der Waals surface area contributed by atoms with Gasteiger partial charge in [0.25, 0.3) is 15.2 Å². The van der Waals surface area contributed by atoms with E-state index >= 15 is 0 Å². The van der Waals surface area contributed by atoms with Crippen LogP contribution in [0.15, 0.2) is 0 Å². The molecule has 1 aliphatic rings. The van der Waals surface area contributed by atoms with Gasteiger partial charge in [-0.25, -0.2) is 0 Å². The van der Waals surface area contributed by atoms with Crippen molar-refractivity contribution in [3.8, 4) is 0 Å². The molecular formula is C13H27AlO. The molecule has 0 aromatic heterocycles. The van der Waals surface area contributed by atoms with Crippen molar-refractivity contribution >= 4 is 15.2 Å². The van der Waals surface area contributed by atoms with Crippen LogP contribution in [0.3, 0.4) is 0 Å². The summed E-state index contributed by atoms with van der Waals surface area (Å²) in [5, 5.41) is 1.47. The quantitative estimate of drug-likeness (QED) is 0.667. The van der Waals surface area contributed by atoms with Crippen molar-refractivity contribution in [3.05, 3.63) is 0 Å². The van der Waals surface area contributed by atoms with Gasteiger partial charge in [-0.3, -0.25) is 0 Å². The second-order valence-electron chi connectivity index (χ2n) is 6.44. The lowest BCUT2D eigenvalue weighted by atomic mass is 9.86. The average molecular weight is 226 g/mol. The molecule has 2 unspecified atom stereocenters. The summed E-state index contributed by atoms with van der Waals surface area (Å²) in [4.78, 5) is 0.709. The van der Waals surface area contributed by atoms with E-state index in [-0.39, 0.29) is 15.2 Å². The van der Waals surface area contributed by atoms with Crippen molar-refractivity contribution in [1.82, 2.24) is 0 Å². The Labute approximate surface area is 102 Å². The van der Waals surface area contributed by atoms with Crippen LogP contribution in [0.2, 0.25) is 5.28 Å².